The third kappa shape index (κ3) is 7.89. The number of carbonyl (C=O) groups is 2. The van der Waals surface area contributed by atoms with Crippen molar-refractivity contribution in [1.82, 2.24) is 0 Å². The van der Waals surface area contributed by atoms with Crippen molar-refractivity contribution in [2.45, 2.75) is 64.4 Å². The third-order valence-corrected chi connectivity index (χ3v) is 4.02. The van der Waals surface area contributed by atoms with Gasteiger partial charge in [0.15, 0.2) is 6.10 Å². The fourth-order valence-corrected chi connectivity index (χ4v) is 2.53. The highest BCUT2D eigenvalue weighted by atomic mass is 16.5. The molecule has 0 aliphatic rings. The molecule has 1 rings (SSSR count). The van der Waals surface area contributed by atoms with Gasteiger partial charge in [0.05, 0.1) is 12.7 Å². The van der Waals surface area contributed by atoms with Crippen LogP contribution in [0.25, 0.3) is 0 Å². The van der Waals surface area contributed by atoms with E-state index in [9.17, 15) is 9.59 Å². The predicted molar refractivity (Wildman–Crippen MR) is 98.1 cm³/mol. The fraction of sp³-hybridized carbons (Fsp3) is 0.524. The molecular weight excluding hydrogens is 316 g/mol. The van der Waals surface area contributed by atoms with Crippen LogP contribution >= 0.6 is 0 Å². The van der Waals surface area contributed by atoms with E-state index in [-0.39, 0.29) is 5.97 Å². The van der Waals surface area contributed by atoms with Crippen molar-refractivity contribution in [1.29, 1.82) is 0 Å². The highest BCUT2D eigenvalue weighted by Crippen LogP contribution is 2.19. The number of methoxy groups -OCH3 is 1. The normalized spacial score (nSPS) is 11.4. The van der Waals surface area contributed by atoms with Crippen LogP contribution in [0.3, 0.4) is 0 Å². The molecule has 0 saturated carbocycles. The minimum Gasteiger partial charge on any atom is -0.465 e. The van der Waals surface area contributed by atoms with Gasteiger partial charge in [0.2, 0.25) is 0 Å². The van der Waals surface area contributed by atoms with Crippen molar-refractivity contribution < 1.29 is 19.1 Å². The summed E-state index contributed by atoms with van der Waals surface area (Å²) >= 11 is 0. The average molecular weight is 344 g/mol. The first-order chi connectivity index (χ1) is 12.1. The van der Waals surface area contributed by atoms with Crippen LogP contribution in [-0.4, -0.2) is 19.0 Å². The van der Waals surface area contributed by atoms with Crippen molar-refractivity contribution in [3.05, 3.63) is 35.4 Å². The van der Waals surface area contributed by atoms with E-state index in [2.05, 4.69) is 17.6 Å². The van der Waals surface area contributed by atoms with Crippen LogP contribution in [0, 0.1) is 12.3 Å². The number of esters is 2. The van der Waals surface area contributed by atoms with Crippen molar-refractivity contribution in [3.63, 3.8) is 0 Å². The summed E-state index contributed by atoms with van der Waals surface area (Å²) in [6, 6.07) is 6.57. The number of benzene rings is 1. The summed E-state index contributed by atoms with van der Waals surface area (Å²) in [6.45, 7) is 2.20. The molecule has 0 aliphatic carbocycles. The van der Waals surface area contributed by atoms with E-state index in [0.717, 1.165) is 19.3 Å². The SMILES string of the molecule is C#CC(OC(=O)CCCCCCCCC)c1ccc(C(=O)OC)cc1. The maximum atomic E-state index is 12.0. The van der Waals surface area contributed by atoms with Crippen LogP contribution in [-0.2, 0) is 14.3 Å². The predicted octanol–water partition coefficient (Wildman–Crippen LogP) is 4.83. The molecular formula is C21H28O4. The molecule has 25 heavy (non-hydrogen) atoms. The molecule has 1 unspecified atom stereocenters. The lowest BCUT2D eigenvalue weighted by atomic mass is 10.1. The first-order valence-corrected chi connectivity index (χ1v) is 8.96. The van der Waals surface area contributed by atoms with E-state index < -0.39 is 12.1 Å². The van der Waals surface area contributed by atoms with E-state index in [4.69, 9.17) is 11.2 Å². The van der Waals surface area contributed by atoms with Crippen molar-refractivity contribution >= 4 is 11.9 Å². The van der Waals surface area contributed by atoms with Gasteiger partial charge < -0.3 is 9.47 Å². The van der Waals surface area contributed by atoms with Gasteiger partial charge in [-0.1, -0.05) is 63.5 Å². The molecule has 0 radical (unpaired) electrons. The maximum Gasteiger partial charge on any atom is 0.337 e. The zero-order valence-corrected chi connectivity index (χ0v) is 15.3. The van der Waals surface area contributed by atoms with Gasteiger partial charge in [-0.15, -0.1) is 6.42 Å². The minimum atomic E-state index is -0.733. The van der Waals surface area contributed by atoms with Crippen LogP contribution in [0.2, 0.25) is 0 Å². The number of hydrogen-bond donors (Lipinski definition) is 0. The topological polar surface area (TPSA) is 52.6 Å². The molecule has 0 fully saturated rings. The average Bonchev–Trinajstić information content (AvgIpc) is 2.65. The second-order valence-electron chi connectivity index (χ2n) is 6.02. The molecule has 4 heteroatoms. The zero-order chi connectivity index (χ0) is 18.5. The summed E-state index contributed by atoms with van der Waals surface area (Å²) < 4.78 is 10.0. The largest absolute Gasteiger partial charge is 0.465 e. The second-order valence-corrected chi connectivity index (χ2v) is 6.02. The van der Waals surface area contributed by atoms with Gasteiger partial charge in [-0.2, -0.15) is 0 Å². The molecule has 1 aromatic rings. The van der Waals surface area contributed by atoms with Gasteiger partial charge in [-0.3, -0.25) is 4.79 Å². The molecule has 0 heterocycles. The van der Waals surface area contributed by atoms with Gasteiger partial charge in [-0.05, 0) is 18.6 Å². The summed E-state index contributed by atoms with van der Waals surface area (Å²) in [4.78, 5) is 23.4. The lowest BCUT2D eigenvalue weighted by Crippen LogP contribution is -2.10. The Labute approximate surface area is 150 Å². The Bertz CT molecular complexity index is 569. The van der Waals surface area contributed by atoms with Crippen LogP contribution in [0.4, 0.5) is 0 Å². The number of hydrogen-bond acceptors (Lipinski definition) is 4. The summed E-state index contributed by atoms with van der Waals surface area (Å²) in [5.41, 5.74) is 1.10. The Morgan fingerprint density at radius 2 is 1.64 bits per heavy atom. The van der Waals surface area contributed by atoms with E-state index in [0.29, 0.717) is 17.5 Å². The second kappa shape index (κ2) is 12.1. The minimum absolute atomic E-state index is 0.284. The van der Waals surface area contributed by atoms with E-state index in [1.54, 1.807) is 24.3 Å². The van der Waals surface area contributed by atoms with Crippen molar-refractivity contribution in [3.8, 4) is 12.3 Å². The lowest BCUT2D eigenvalue weighted by molar-refractivity contribution is -0.146. The summed E-state index contributed by atoms with van der Waals surface area (Å²) in [6.07, 6.45) is 13.1. The Hall–Kier alpha value is -2.28. The molecule has 4 nitrogen and oxygen atoms in total. The van der Waals surface area contributed by atoms with Gasteiger partial charge in [0.25, 0.3) is 0 Å². The smallest absolute Gasteiger partial charge is 0.337 e. The van der Waals surface area contributed by atoms with Gasteiger partial charge in [-0.25, -0.2) is 4.79 Å². The Kier molecular flexibility index (Phi) is 10.1. The molecule has 0 spiro atoms. The van der Waals surface area contributed by atoms with Gasteiger partial charge in [0, 0.05) is 12.0 Å². The number of ether oxygens (including phenoxy) is 2. The molecule has 0 aromatic heterocycles. The number of terminal acetylenes is 1. The van der Waals surface area contributed by atoms with Crippen molar-refractivity contribution in [2.75, 3.05) is 7.11 Å². The van der Waals surface area contributed by atoms with Gasteiger partial charge >= 0.3 is 11.9 Å². The summed E-state index contributed by atoms with van der Waals surface area (Å²) in [7, 11) is 1.33. The summed E-state index contributed by atoms with van der Waals surface area (Å²) in [5.74, 6) is 1.78. The standard InChI is InChI=1S/C21H28O4/c1-4-6-7-8-9-10-11-12-20(22)25-19(5-2)17-13-15-18(16-14-17)21(23)24-3/h2,13-16,19H,4,6-12H2,1,3H3. The van der Waals surface area contributed by atoms with Crippen LogP contribution < -0.4 is 0 Å². The first kappa shape index (κ1) is 20.8. The monoisotopic (exact) mass is 344 g/mol. The molecule has 0 aliphatic heterocycles. The molecule has 0 bridgehead atoms. The lowest BCUT2D eigenvalue weighted by Gasteiger charge is -2.13. The molecule has 0 N–H and O–H groups in total. The number of unbranched alkanes of at least 4 members (excludes halogenated alkanes) is 6. The zero-order valence-electron chi connectivity index (χ0n) is 15.3. The highest BCUT2D eigenvalue weighted by Gasteiger charge is 2.15. The van der Waals surface area contributed by atoms with Crippen LogP contribution in [0.1, 0.15) is 80.3 Å². The van der Waals surface area contributed by atoms with E-state index in [1.807, 2.05) is 0 Å². The van der Waals surface area contributed by atoms with Gasteiger partial charge in [0.1, 0.15) is 0 Å². The van der Waals surface area contributed by atoms with E-state index in [1.165, 1.54) is 32.8 Å². The fourth-order valence-electron chi connectivity index (χ4n) is 2.53. The summed E-state index contributed by atoms with van der Waals surface area (Å²) in [5, 5.41) is 0. The van der Waals surface area contributed by atoms with E-state index >= 15 is 0 Å². The first-order valence-electron chi connectivity index (χ1n) is 8.96. The van der Waals surface area contributed by atoms with Crippen molar-refractivity contribution in [2.24, 2.45) is 0 Å². The molecule has 1 atom stereocenters. The highest BCUT2D eigenvalue weighted by molar-refractivity contribution is 5.89. The quantitative estimate of drug-likeness (QED) is 0.328. The molecule has 1 aromatic carbocycles. The number of carbonyl (C=O) groups excluding carboxylic acids is 2. The molecule has 0 saturated heterocycles. The number of rotatable bonds is 11. The van der Waals surface area contributed by atoms with Crippen LogP contribution in [0.5, 0.6) is 0 Å². The third-order valence-electron chi connectivity index (χ3n) is 4.02. The van der Waals surface area contributed by atoms with Crippen LogP contribution in [0.15, 0.2) is 24.3 Å². The Morgan fingerprint density at radius 3 is 2.20 bits per heavy atom. The maximum absolute atomic E-state index is 12.0. The molecule has 136 valence electrons. The Balaban J connectivity index is 2.38. The Morgan fingerprint density at radius 1 is 1.04 bits per heavy atom. The molecule has 0 amide bonds.